The molecule has 0 radical (unpaired) electrons. The SMILES string of the molecule is C=CCC1(CO)CCCN(C(=O)c2ccc(S(N)(=O)=O)cc2)C1. The molecule has 1 aromatic carbocycles. The predicted molar refractivity (Wildman–Crippen MR) is 87.3 cm³/mol. The van der Waals surface area contributed by atoms with E-state index in [1.165, 1.54) is 24.3 Å². The molecular weight excluding hydrogens is 316 g/mol. The topological polar surface area (TPSA) is 101 Å². The van der Waals surface area contributed by atoms with Crippen LogP contribution in [0.25, 0.3) is 0 Å². The highest BCUT2D eigenvalue weighted by molar-refractivity contribution is 7.89. The Hall–Kier alpha value is -1.70. The fourth-order valence-corrected chi connectivity index (χ4v) is 3.53. The molecule has 0 aliphatic carbocycles. The van der Waals surface area contributed by atoms with E-state index in [9.17, 15) is 18.3 Å². The first-order valence-electron chi connectivity index (χ1n) is 7.45. The van der Waals surface area contributed by atoms with E-state index in [2.05, 4.69) is 6.58 Å². The van der Waals surface area contributed by atoms with E-state index >= 15 is 0 Å². The van der Waals surface area contributed by atoms with Gasteiger partial charge in [-0.3, -0.25) is 4.79 Å². The van der Waals surface area contributed by atoms with Crippen LogP contribution in [0, 0.1) is 5.41 Å². The lowest BCUT2D eigenvalue weighted by Crippen LogP contribution is -2.47. The number of hydrogen-bond acceptors (Lipinski definition) is 4. The summed E-state index contributed by atoms with van der Waals surface area (Å²) in [6.07, 6.45) is 4.09. The van der Waals surface area contributed by atoms with Gasteiger partial charge in [0.05, 0.1) is 11.5 Å². The summed E-state index contributed by atoms with van der Waals surface area (Å²) in [5.41, 5.74) is 0.0701. The number of primary sulfonamides is 1. The zero-order valence-corrected chi connectivity index (χ0v) is 13.8. The van der Waals surface area contributed by atoms with Gasteiger partial charge in [-0.2, -0.15) is 0 Å². The van der Waals surface area contributed by atoms with Crippen molar-refractivity contribution in [2.75, 3.05) is 19.7 Å². The average Bonchev–Trinajstić information content (AvgIpc) is 2.54. The van der Waals surface area contributed by atoms with E-state index < -0.39 is 10.0 Å². The minimum Gasteiger partial charge on any atom is -0.396 e. The minimum absolute atomic E-state index is 0.00710. The molecule has 1 saturated heterocycles. The van der Waals surface area contributed by atoms with Crippen LogP contribution >= 0.6 is 0 Å². The van der Waals surface area contributed by atoms with Crippen LogP contribution in [0.5, 0.6) is 0 Å². The van der Waals surface area contributed by atoms with Gasteiger partial charge in [-0.05, 0) is 43.5 Å². The molecule has 7 heteroatoms. The monoisotopic (exact) mass is 338 g/mol. The van der Waals surface area contributed by atoms with Gasteiger partial charge in [0.1, 0.15) is 0 Å². The van der Waals surface area contributed by atoms with Gasteiger partial charge in [0.25, 0.3) is 5.91 Å². The van der Waals surface area contributed by atoms with Crippen LogP contribution in [0.3, 0.4) is 0 Å². The Labute approximate surface area is 136 Å². The van der Waals surface area contributed by atoms with Crippen LogP contribution in [0.2, 0.25) is 0 Å². The Kier molecular flexibility index (Phi) is 5.23. The number of nitrogens with zero attached hydrogens (tertiary/aromatic N) is 1. The summed E-state index contributed by atoms with van der Waals surface area (Å²) in [4.78, 5) is 14.3. The summed E-state index contributed by atoms with van der Waals surface area (Å²) >= 11 is 0. The van der Waals surface area contributed by atoms with E-state index in [-0.39, 0.29) is 22.8 Å². The second-order valence-electron chi connectivity index (χ2n) is 6.05. The summed E-state index contributed by atoms with van der Waals surface area (Å²) in [7, 11) is -3.77. The van der Waals surface area contributed by atoms with E-state index in [1.54, 1.807) is 11.0 Å². The molecule has 126 valence electrons. The standard InChI is InChI=1S/C16H22N2O4S/c1-2-8-16(12-19)9-3-10-18(11-16)15(20)13-4-6-14(7-5-13)23(17,21)22/h2,4-7,19H,1,3,8-12H2,(H2,17,21,22). The van der Waals surface area contributed by atoms with Gasteiger partial charge in [0, 0.05) is 24.1 Å². The van der Waals surface area contributed by atoms with Gasteiger partial charge in [-0.15, -0.1) is 6.58 Å². The van der Waals surface area contributed by atoms with Gasteiger partial charge >= 0.3 is 0 Å². The van der Waals surface area contributed by atoms with Crippen molar-refractivity contribution in [3.63, 3.8) is 0 Å². The molecule has 0 saturated carbocycles. The van der Waals surface area contributed by atoms with Crippen molar-refractivity contribution in [1.82, 2.24) is 4.90 Å². The average molecular weight is 338 g/mol. The minimum atomic E-state index is -3.77. The molecule has 1 atom stereocenters. The second-order valence-corrected chi connectivity index (χ2v) is 7.61. The molecule has 1 aromatic rings. The largest absolute Gasteiger partial charge is 0.396 e. The Morgan fingerprint density at radius 3 is 2.57 bits per heavy atom. The summed E-state index contributed by atoms with van der Waals surface area (Å²) < 4.78 is 22.5. The van der Waals surface area contributed by atoms with Gasteiger partial charge in [-0.1, -0.05) is 6.08 Å². The number of carbonyl (C=O) groups is 1. The van der Waals surface area contributed by atoms with Gasteiger partial charge in [0.15, 0.2) is 0 Å². The quantitative estimate of drug-likeness (QED) is 0.786. The third kappa shape index (κ3) is 3.99. The second kappa shape index (κ2) is 6.82. The number of likely N-dealkylation sites (tertiary alicyclic amines) is 1. The Balaban J connectivity index is 2.18. The molecule has 0 spiro atoms. The van der Waals surface area contributed by atoms with E-state index in [0.29, 0.717) is 25.1 Å². The van der Waals surface area contributed by atoms with Crippen molar-refractivity contribution >= 4 is 15.9 Å². The van der Waals surface area contributed by atoms with E-state index in [1.807, 2.05) is 0 Å². The number of aliphatic hydroxyl groups is 1. The fourth-order valence-electron chi connectivity index (χ4n) is 3.02. The molecule has 23 heavy (non-hydrogen) atoms. The molecule has 1 fully saturated rings. The van der Waals surface area contributed by atoms with Crippen molar-refractivity contribution in [1.29, 1.82) is 0 Å². The zero-order valence-electron chi connectivity index (χ0n) is 12.9. The number of sulfonamides is 1. The maximum Gasteiger partial charge on any atom is 0.253 e. The molecular formula is C16H22N2O4S. The summed E-state index contributed by atoms with van der Waals surface area (Å²) in [5, 5.41) is 14.8. The van der Waals surface area contributed by atoms with Crippen LogP contribution in [-0.2, 0) is 10.0 Å². The molecule has 0 aromatic heterocycles. The number of nitrogens with two attached hydrogens (primary N) is 1. The summed E-state index contributed by atoms with van der Waals surface area (Å²) in [5.74, 6) is -0.174. The lowest BCUT2D eigenvalue weighted by atomic mass is 9.77. The maximum absolute atomic E-state index is 12.6. The molecule has 1 heterocycles. The molecule has 0 bridgehead atoms. The number of benzene rings is 1. The first-order valence-corrected chi connectivity index (χ1v) is 9.00. The number of rotatable bonds is 5. The number of aliphatic hydroxyl groups excluding tert-OH is 1. The van der Waals surface area contributed by atoms with Crippen LogP contribution in [0.15, 0.2) is 41.8 Å². The summed E-state index contributed by atoms with van der Waals surface area (Å²) in [6.45, 7) is 4.82. The molecule has 6 nitrogen and oxygen atoms in total. The predicted octanol–water partition coefficient (Wildman–Crippen LogP) is 1.12. The van der Waals surface area contributed by atoms with Gasteiger partial charge < -0.3 is 10.0 Å². The number of carbonyl (C=O) groups excluding carboxylic acids is 1. The Morgan fingerprint density at radius 1 is 1.39 bits per heavy atom. The maximum atomic E-state index is 12.6. The smallest absolute Gasteiger partial charge is 0.253 e. The third-order valence-corrected chi connectivity index (χ3v) is 5.22. The number of amides is 1. The Morgan fingerprint density at radius 2 is 2.04 bits per heavy atom. The molecule has 2 rings (SSSR count). The van der Waals surface area contributed by atoms with Crippen molar-refractivity contribution in [3.05, 3.63) is 42.5 Å². The molecule has 1 aliphatic heterocycles. The van der Waals surface area contributed by atoms with Crippen molar-refractivity contribution in [2.45, 2.75) is 24.2 Å². The number of piperidine rings is 1. The number of allylic oxidation sites excluding steroid dienone is 1. The molecule has 1 amide bonds. The lowest BCUT2D eigenvalue weighted by Gasteiger charge is -2.41. The lowest BCUT2D eigenvalue weighted by molar-refractivity contribution is 0.0285. The molecule has 1 unspecified atom stereocenters. The highest BCUT2D eigenvalue weighted by Gasteiger charge is 2.35. The fraction of sp³-hybridized carbons (Fsp3) is 0.438. The van der Waals surface area contributed by atoms with E-state index in [0.717, 1.165) is 12.8 Å². The van der Waals surface area contributed by atoms with Crippen molar-refractivity contribution in [2.24, 2.45) is 10.6 Å². The van der Waals surface area contributed by atoms with Crippen molar-refractivity contribution in [3.8, 4) is 0 Å². The first kappa shape index (κ1) is 17.7. The number of hydrogen-bond donors (Lipinski definition) is 2. The van der Waals surface area contributed by atoms with Crippen LogP contribution in [0.1, 0.15) is 29.6 Å². The van der Waals surface area contributed by atoms with Crippen LogP contribution in [-0.4, -0.2) is 44.0 Å². The first-order chi connectivity index (χ1) is 10.8. The van der Waals surface area contributed by atoms with Gasteiger partial charge in [0.2, 0.25) is 10.0 Å². The third-order valence-electron chi connectivity index (χ3n) is 4.29. The van der Waals surface area contributed by atoms with Crippen LogP contribution < -0.4 is 5.14 Å². The summed E-state index contributed by atoms with van der Waals surface area (Å²) in [6, 6.07) is 5.58. The van der Waals surface area contributed by atoms with Gasteiger partial charge in [-0.25, -0.2) is 13.6 Å². The van der Waals surface area contributed by atoms with E-state index in [4.69, 9.17) is 5.14 Å². The normalized spacial score (nSPS) is 21.9. The Bertz CT molecular complexity index is 685. The van der Waals surface area contributed by atoms with Crippen LogP contribution in [0.4, 0.5) is 0 Å². The van der Waals surface area contributed by atoms with Crippen molar-refractivity contribution < 1.29 is 18.3 Å². The highest BCUT2D eigenvalue weighted by atomic mass is 32.2. The molecule has 3 N–H and O–H groups in total. The zero-order chi connectivity index (χ0) is 17.1. The molecule has 1 aliphatic rings. The highest BCUT2D eigenvalue weighted by Crippen LogP contribution is 2.34.